The van der Waals surface area contributed by atoms with Crippen molar-refractivity contribution in [3.8, 4) is 11.3 Å². The van der Waals surface area contributed by atoms with Crippen LogP contribution in [0.25, 0.3) is 22.2 Å². The second kappa shape index (κ2) is 5.75. The Hall–Kier alpha value is -2.12. The smallest absolute Gasteiger partial charge is 0.292 e. The molecule has 0 aliphatic heterocycles. The van der Waals surface area contributed by atoms with Gasteiger partial charge in [0.15, 0.2) is 0 Å². The van der Waals surface area contributed by atoms with E-state index in [1.54, 1.807) is 24.3 Å². The zero-order valence-corrected chi connectivity index (χ0v) is 13.5. The van der Waals surface area contributed by atoms with Crippen molar-refractivity contribution in [1.82, 2.24) is 14.5 Å². The molecule has 0 aliphatic rings. The molecule has 0 fully saturated rings. The molecular weight excluding hydrogens is 366 g/mol. The molecule has 9 heteroatoms. The summed E-state index contributed by atoms with van der Waals surface area (Å²) in [6, 6.07) is 7.43. The van der Waals surface area contributed by atoms with Gasteiger partial charge in [-0.1, -0.05) is 35.3 Å². The van der Waals surface area contributed by atoms with Crippen molar-refractivity contribution < 1.29 is 13.2 Å². The SMILES string of the molecule is Cn1c(C(F)(F)F)nc2c(-c3ccc(Cl)cc3)nc(Cl)cc2c1=O. The molecule has 124 valence electrons. The van der Waals surface area contributed by atoms with Gasteiger partial charge in [0.2, 0.25) is 5.82 Å². The van der Waals surface area contributed by atoms with Gasteiger partial charge in [0.25, 0.3) is 5.56 Å². The number of pyridine rings is 1. The first-order valence-corrected chi connectivity index (χ1v) is 7.34. The summed E-state index contributed by atoms with van der Waals surface area (Å²) in [7, 11) is 1.01. The largest absolute Gasteiger partial charge is 0.449 e. The summed E-state index contributed by atoms with van der Waals surface area (Å²) in [5.74, 6) is -1.31. The lowest BCUT2D eigenvalue weighted by Crippen LogP contribution is -2.27. The van der Waals surface area contributed by atoms with Crippen LogP contribution in [-0.4, -0.2) is 14.5 Å². The van der Waals surface area contributed by atoms with Crippen LogP contribution in [0.2, 0.25) is 10.2 Å². The van der Waals surface area contributed by atoms with Gasteiger partial charge in [-0.3, -0.25) is 9.36 Å². The fourth-order valence-corrected chi connectivity index (χ4v) is 2.62. The fourth-order valence-electron chi connectivity index (χ4n) is 2.30. The summed E-state index contributed by atoms with van der Waals surface area (Å²) in [5, 5.41) is 0.381. The van der Waals surface area contributed by atoms with Crippen LogP contribution in [0.3, 0.4) is 0 Å². The van der Waals surface area contributed by atoms with E-state index in [0.29, 0.717) is 15.2 Å². The molecule has 0 aliphatic carbocycles. The van der Waals surface area contributed by atoms with Crippen LogP contribution >= 0.6 is 23.2 Å². The van der Waals surface area contributed by atoms with Crippen molar-refractivity contribution in [1.29, 1.82) is 0 Å². The van der Waals surface area contributed by atoms with Crippen molar-refractivity contribution in [2.75, 3.05) is 0 Å². The average Bonchev–Trinajstić information content (AvgIpc) is 2.50. The van der Waals surface area contributed by atoms with Gasteiger partial charge in [0, 0.05) is 17.6 Å². The molecule has 0 bridgehead atoms. The maximum Gasteiger partial charge on any atom is 0.449 e. The second-order valence-corrected chi connectivity index (χ2v) is 5.82. The maximum atomic E-state index is 13.1. The summed E-state index contributed by atoms with van der Waals surface area (Å²) in [5.41, 5.74) is -0.498. The highest BCUT2D eigenvalue weighted by Crippen LogP contribution is 2.31. The topological polar surface area (TPSA) is 47.8 Å². The molecule has 3 aromatic rings. The molecule has 3 rings (SSSR count). The molecule has 2 aromatic heterocycles. The van der Waals surface area contributed by atoms with Crippen LogP contribution in [0.15, 0.2) is 35.1 Å². The third kappa shape index (κ3) is 2.85. The Labute approximate surface area is 143 Å². The monoisotopic (exact) mass is 373 g/mol. The van der Waals surface area contributed by atoms with Gasteiger partial charge in [0.05, 0.1) is 11.1 Å². The number of benzene rings is 1. The van der Waals surface area contributed by atoms with Crippen molar-refractivity contribution in [2.45, 2.75) is 6.18 Å². The summed E-state index contributed by atoms with van der Waals surface area (Å²) < 4.78 is 39.9. The summed E-state index contributed by atoms with van der Waals surface area (Å²) in [6.45, 7) is 0. The van der Waals surface area contributed by atoms with Crippen molar-refractivity contribution in [3.05, 3.63) is 56.7 Å². The van der Waals surface area contributed by atoms with E-state index in [9.17, 15) is 18.0 Å². The quantitative estimate of drug-likeness (QED) is 0.596. The van der Waals surface area contributed by atoms with Crippen LogP contribution in [0, 0.1) is 0 Å². The Morgan fingerprint density at radius 1 is 1.08 bits per heavy atom. The number of hydrogen-bond donors (Lipinski definition) is 0. The Bertz CT molecular complexity index is 998. The van der Waals surface area contributed by atoms with Crippen molar-refractivity contribution >= 4 is 34.1 Å². The predicted molar refractivity (Wildman–Crippen MR) is 85.2 cm³/mol. The lowest BCUT2D eigenvalue weighted by molar-refractivity contribution is -0.147. The lowest BCUT2D eigenvalue weighted by atomic mass is 10.1. The van der Waals surface area contributed by atoms with Gasteiger partial charge in [-0.05, 0) is 18.2 Å². The van der Waals surface area contributed by atoms with E-state index >= 15 is 0 Å². The number of hydrogen-bond acceptors (Lipinski definition) is 3. The van der Waals surface area contributed by atoms with E-state index in [1.165, 1.54) is 6.07 Å². The second-order valence-electron chi connectivity index (χ2n) is 4.99. The predicted octanol–water partition coefficient (Wildman–Crippen LogP) is 4.32. The number of aromatic nitrogens is 3. The van der Waals surface area contributed by atoms with Crippen LogP contribution in [0.4, 0.5) is 13.2 Å². The molecule has 0 amide bonds. The molecule has 1 aromatic carbocycles. The summed E-state index contributed by atoms with van der Waals surface area (Å²) in [4.78, 5) is 20.0. The standard InChI is InChI=1S/C15H8Cl2F3N3O/c1-23-13(24)9-6-10(17)21-11(7-2-4-8(16)5-3-7)12(9)22-14(23)15(18,19)20/h2-6H,1H3. The van der Waals surface area contributed by atoms with E-state index in [2.05, 4.69) is 9.97 Å². The molecule has 0 atom stereocenters. The molecule has 24 heavy (non-hydrogen) atoms. The fraction of sp³-hybridized carbons (Fsp3) is 0.133. The van der Waals surface area contributed by atoms with Crippen LogP contribution in [-0.2, 0) is 13.2 Å². The number of halogens is 5. The summed E-state index contributed by atoms with van der Waals surface area (Å²) in [6.07, 6.45) is -4.78. The van der Waals surface area contributed by atoms with Crippen molar-refractivity contribution in [2.24, 2.45) is 7.05 Å². The van der Waals surface area contributed by atoms with Gasteiger partial charge in [0.1, 0.15) is 10.7 Å². The molecule has 0 radical (unpaired) electrons. The normalized spacial score (nSPS) is 11.9. The number of fused-ring (bicyclic) bond motifs is 1. The van der Waals surface area contributed by atoms with Gasteiger partial charge >= 0.3 is 6.18 Å². The first kappa shape index (κ1) is 16.7. The third-order valence-corrected chi connectivity index (χ3v) is 3.85. The number of alkyl halides is 3. The highest BCUT2D eigenvalue weighted by atomic mass is 35.5. The van der Waals surface area contributed by atoms with E-state index in [0.717, 1.165) is 7.05 Å². The van der Waals surface area contributed by atoms with E-state index < -0.39 is 17.6 Å². The number of rotatable bonds is 1. The van der Waals surface area contributed by atoms with Crippen molar-refractivity contribution in [3.63, 3.8) is 0 Å². The molecule has 0 N–H and O–H groups in total. The molecular formula is C15H8Cl2F3N3O. The molecule has 0 saturated carbocycles. The maximum absolute atomic E-state index is 13.1. The minimum absolute atomic E-state index is 0.0221. The highest BCUT2D eigenvalue weighted by Gasteiger charge is 2.36. The molecule has 0 unspecified atom stereocenters. The summed E-state index contributed by atoms with van der Waals surface area (Å²) >= 11 is 11.7. The lowest BCUT2D eigenvalue weighted by Gasteiger charge is -2.13. The average molecular weight is 374 g/mol. The Morgan fingerprint density at radius 3 is 2.29 bits per heavy atom. The van der Waals surface area contributed by atoms with Gasteiger partial charge in [-0.25, -0.2) is 9.97 Å². The van der Waals surface area contributed by atoms with E-state index in [1.807, 2.05) is 0 Å². The van der Waals surface area contributed by atoms with Gasteiger partial charge < -0.3 is 0 Å². The minimum atomic E-state index is -4.78. The Balaban J connectivity index is 2.44. The first-order chi connectivity index (χ1) is 11.2. The van der Waals surface area contributed by atoms with Crippen LogP contribution in [0.5, 0.6) is 0 Å². The van der Waals surface area contributed by atoms with Gasteiger partial charge in [-0.15, -0.1) is 0 Å². The Morgan fingerprint density at radius 2 is 1.71 bits per heavy atom. The number of nitrogens with zero attached hydrogens (tertiary/aromatic N) is 3. The zero-order valence-electron chi connectivity index (χ0n) is 12.0. The zero-order chi connectivity index (χ0) is 17.6. The molecule has 4 nitrogen and oxygen atoms in total. The van der Waals surface area contributed by atoms with Crippen LogP contribution < -0.4 is 5.56 Å². The molecule has 2 heterocycles. The van der Waals surface area contributed by atoms with E-state index in [4.69, 9.17) is 23.2 Å². The van der Waals surface area contributed by atoms with Crippen LogP contribution in [0.1, 0.15) is 5.82 Å². The first-order valence-electron chi connectivity index (χ1n) is 6.59. The highest BCUT2D eigenvalue weighted by molar-refractivity contribution is 6.31. The molecule has 0 saturated heterocycles. The minimum Gasteiger partial charge on any atom is -0.292 e. The van der Waals surface area contributed by atoms with Gasteiger partial charge in [-0.2, -0.15) is 13.2 Å². The third-order valence-electron chi connectivity index (χ3n) is 3.40. The van der Waals surface area contributed by atoms with E-state index in [-0.39, 0.29) is 21.7 Å². The Kier molecular flexibility index (Phi) is 4.01. The molecule has 0 spiro atoms.